The Labute approximate surface area is 298 Å². The maximum atomic E-state index is 13.5. The van der Waals surface area contributed by atoms with Crippen molar-refractivity contribution in [2.24, 2.45) is 0 Å². The van der Waals surface area contributed by atoms with E-state index in [1.165, 1.54) is 7.11 Å². The fraction of sp³-hybridized carbons (Fsp3) is 0.308. The molecule has 1 atom stereocenters. The van der Waals surface area contributed by atoms with Crippen molar-refractivity contribution < 1.29 is 19.1 Å². The number of likely N-dealkylation sites (N-methyl/N-ethyl adjacent to an activating group) is 1. The number of benzene rings is 3. The fourth-order valence-electron chi connectivity index (χ4n) is 5.92. The largest absolute Gasteiger partial charge is 0.453 e. The number of methoxy groups -OCH3 is 1. The first kappa shape index (κ1) is 36.5. The second-order valence-electron chi connectivity index (χ2n) is 12.2. The SMILES string of the molecule is CCCN(Cc1ncc(-c2ccc(-c3ccc(-c4cnc(CN(CCC)C(=O)[C@H](NC)c5ccccc5)[nH]4)cc3)cc2)[nH]1)C(=O)CNC(=O)OC. The van der Waals surface area contributed by atoms with Gasteiger partial charge in [0.2, 0.25) is 11.8 Å². The van der Waals surface area contributed by atoms with Crippen molar-refractivity contribution in [1.29, 1.82) is 0 Å². The van der Waals surface area contributed by atoms with Crippen LogP contribution in [0.3, 0.4) is 0 Å². The zero-order valence-corrected chi connectivity index (χ0v) is 29.6. The number of carbonyl (C=O) groups is 3. The van der Waals surface area contributed by atoms with Crippen LogP contribution in [-0.4, -0.2) is 81.4 Å². The Balaban J connectivity index is 1.21. The van der Waals surface area contributed by atoms with Gasteiger partial charge in [0.05, 0.1) is 44.0 Å². The van der Waals surface area contributed by atoms with Gasteiger partial charge in [-0.3, -0.25) is 9.59 Å². The second kappa shape index (κ2) is 17.8. The summed E-state index contributed by atoms with van der Waals surface area (Å²) < 4.78 is 4.56. The summed E-state index contributed by atoms with van der Waals surface area (Å²) in [6.07, 6.45) is 4.55. The van der Waals surface area contributed by atoms with Crippen LogP contribution in [0.2, 0.25) is 0 Å². The normalized spacial score (nSPS) is 11.5. The van der Waals surface area contributed by atoms with E-state index in [0.717, 1.165) is 57.9 Å². The van der Waals surface area contributed by atoms with Gasteiger partial charge >= 0.3 is 6.09 Å². The highest BCUT2D eigenvalue weighted by Crippen LogP contribution is 2.27. The number of hydrogen-bond acceptors (Lipinski definition) is 7. The van der Waals surface area contributed by atoms with Crippen LogP contribution in [0.5, 0.6) is 0 Å². The van der Waals surface area contributed by atoms with Crippen molar-refractivity contribution in [3.63, 3.8) is 0 Å². The molecule has 5 aromatic rings. The van der Waals surface area contributed by atoms with Crippen LogP contribution in [0, 0.1) is 0 Å². The maximum absolute atomic E-state index is 13.5. The van der Waals surface area contributed by atoms with Gasteiger partial charge < -0.3 is 35.1 Å². The Morgan fingerprint density at radius 2 is 1.22 bits per heavy atom. The van der Waals surface area contributed by atoms with E-state index >= 15 is 0 Å². The molecule has 0 unspecified atom stereocenters. The third kappa shape index (κ3) is 9.49. The summed E-state index contributed by atoms with van der Waals surface area (Å²) >= 11 is 0. The Hall–Kier alpha value is -5.75. The lowest BCUT2D eigenvalue weighted by Gasteiger charge is -2.26. The molecule has 12 heteroatoms. The maximum Gasteiger partial charge on any atom is 0.407 e. The number of aromatic amines is 2. The second-order valence-corrected chi connectivity index (χ2v) is 12.2. The summed E-state index contributed by atoms with van der Waals surface area (Å²) in [6.45, 7) is 5.78. The molecule has 3 amide bonds. The molecule has 5 rings (SSSR count). The predicted molar refractivity (Wildman–Crippen MR) is 197 cm³/mol. The summed E-state index contributed by atoms with van der Waals surface area (Å²) in [6, 6.07) is 25.8. The van der Waals surface area contributed by atoms with E-state index in [9.17, 15) is 14.4 Å². The molecule has 0 saturated carbocycles. The molecule has 51 heavy (non-hydrogen) atoms. The number of nitrogens with zero attached hydrogens (tertiary/aromatic N) is 4. The number of nitrogens with one attached hydrogen (secondary N) is 4. The zero-order valence-electron chi connectivity index (χ0n) is 29.6. The number of carbonyl (C=O) groups excluding carboxylic acids is 3. The monoisotopic (exact) mass is 690 g/mol. The number of alkyl carbamates (subject to hydrolysis) is 1. The molecule has 266 valence electrons. The van der Waals surface area contributed by atoms with Gasteiger partial charge in [-0.2, -0.15) is 0 Å². The highest BCUT2D eigenvalue weighted by atomic mass is 16.5. The standard InChI is InChI=1S/C39H46N8O4/c1-5-20-46(36(48)24-43-39(50)51-4)25-34-41-22-32(44-34)29-16-12-27(13-17-29)28-14-18-30(19-15-28)33-23-42-35(45-33)26-47(21-6-2)38(49)37(40-3)31-10-8-7-9-11-31/h7-19,22-23,37,40H,5-6,20-21,24-26H2,1-4H3,(H,41,44)(H,42,45)(H,43,50)/t37-/m1/s1. The highest BCUT2D eigenvalue weighted by Gasteiger charge is 2.25. The Kier molecular flexibility index (Phi) is 12.7. The minimum Gasteiger partial charge on any atom is -0.453 e. The quantitative estimate of drug-likeness (QED) is 0.100. The van der Waals surface area contributed by atoms with Gasteiger partial charge in [-0.15, -0.1) is 0 Å². The zero-order chi connectivity index (χ0) is 36.2. The van der Waals surface area contributed by atoms with E-state index < -0.39 is 12.1 Å². The highest BCUT2D eigenvalue weighted by molar-refractivity contribution is 5.83. The predicted octanol–water partition coefficient (Wildman–Crippen LogP) is 5.93. The molecule has 0 aliphatic rings. The first-order valence-corrected chi connectivity index (χ1v) is 17.2. The number of amides is 3. The number of imidazole rings is 2. The van der Waals surface area contributed by atoms with Crippen LogP contribution < -0.4 is 10.6 Å². The van der Waals surface area contributed by atoms with Crippen LogP contribution in [0.1, 0.15) is 49.9 Å². The first-order valence-electron chi connectivity index (χ1n) is 17.2. The van der Waals surface area contributed by atoms with Crippen LogP contribution in [0.4, 0.5) is 4.79 Å². The van der Waals surface area contributed by atoms with Crippen molar-refractivity contribution in [2.45, 2.75) is 45.8 Å². The molecule has 0 spiro atoms. The molecule has 0 bridgehead atoms. The third-order valence-corrected chi connectivity index (χ3v) is 8.55. The van der Waals surface area contributed by atoms with Crippen LogP contribution in [0.15, 0.2) is 91.3 Å². The van der Waals surface area contributed by atoms with Gasteiger partial charge in [0.15, 0.2) is 0 Å². The molecule has 0 aliphatic carbocycles. The molecule has 2 aromatic heterocycles. The lowest BCUT2D eigenvalue weighted by atomic mass is 10.0. The van der Waals surface area contributed by atoms with Crippen molar-refractivity contribution in [3.8, 4) is 33.6 Å². The summed E-state index contributed by atoms with van der Waals surface area (Å²) in [5.41, 5.74) is 6.78. The van der Waals surface area contributed by atoms with E-state index in [4.69, 9.17) is 0 Å². The van der Waals surface area contributed by atoms with Gasteiger partial charge in [-0.05, 0) is 47.7 Å². The number of hydrogen-bond donors (Lipinski definition) is 4. The van der Waals surface area contributed by atoms with Crippen LogP contribution in [0.25, 0.3) is 33.6 Å². The lowest BCUT2D eigenvalue weighted by molar-refractivity contribution is -0.134. The van der Waals surface area contributed by atoms with Crippen molar-refractivity contribution in [1.82, 2.24) is 40.4 Å². The summed E-state index contributed by atoms with van der Waals surface area (Å²) in [5, 5.41) is 5.62. The Bertz CT molecular complexity index is 1870. The van der Waals surface area contributed by atoms with Crippen molar-refractivity contribution in [3.05, 3.63) is 108 Å². The van der Waals surface area contributed by atoms with Gasteiger partial charge in [-0.1, -0.05) is 92.7 Å². The van der Waals surface area contributed by atoms with Crippen molar-refractivity contribution >= 4 is 17.9 Å². The number of aromatic nitrogens is 4. The van der Waals surface area contributed by atoms with E-state index in [2.05, 4.69) is 78.6 Å². The molecule has 4 N–H and O–H groups in total. The molecule has 0 aliphatic heterocycles. The third-order valence-electron chi connectivity index (χ3n) is 8.55. The van der Waals surface area contributed by atoms with Crippen LogP contribution in [-0.2, 0) is 27.4 Å². The minimum atomic E-state index is -0.644. The average Bonchev–Trinajstić information content (AvgIpc) is 3.84. The van der Waals surface area contributed by atoms with E-state index in [0.29, 0.717) is 32.0 Å². The number of ether oxygens (including phenoxy) is 1. The minimum absolute atomic E-state index is 0.0174. The molecule has 12 nitrogen and oxygen atoms in total. The van der Waals surface area contributed by atoms with Gasteiger partial charge in [0.1, 0.15) is 24.2 Å². The Morgan fingerprint density at radius 1 is 0.725 bits per heavy atom. The van der Waals surface area contributed by atoms with Crippen LogP contribution >= 0.6 is 0 Å². The van der Waals surface area contributed by atoms with E-state index in [-0.39, 0.29) is 18.4 Å². The summed E-state index contributed by atoms with van der Waals surface area (Å²) in [5.74, 6) is 1.20. The molecular formula is C39H46N8O4. The van der Waals surface area contributed by atoms with E-state index in [1.54, 1.807) is 11.1 Å². The van der Waals surface area contributed by atoms with E-state index in [1.807, 2.05) is 67.5 Å². The van der Waals surface area contributed by atoms with Crippen molar-refractivity contribution in [2.75, 3.05) is 33.8 Å². The first-order chi connectivity index (χ1) is 24.8. The van der Waals surface area contributed by atoms with Gasteiger partial charge in [0.25, 0.3) is 0 Å². The number of H-pyrrole nitrogens is 2. The summed E-state index contributed by atoms with van der Waals surface area (Å²) in [7, 11) is 3.07. The Morgan fingerprint density at radius 3 is 1.71 bits per heavy atom. The average molecular weight is 691 g/mol. The van der Waals surface area contributed by atoms with Gasteiger partial charge in [0, 0.05) is 13.1 Å². The molecule has 0 saturated heterocycles. The summed E-state index contributed by atoms with van der Waals surface area (Å²) in [4.78, 5) is 56.9. The topological polar surface area (TPSA) is 148 Å². The number of rotatable bonds is 16. The molecule has 2 heterocycles. The molecular weight excluding hydrogens is 644 g/mol. The van der Waals surface area contributed by atoms with Gasteiger partial charge in [-0.25, -0.2) is 14.8 Å². The smallest absolute Gasteiger partial charge is 0.407 e. The molecule has 0 fully saturated rings. The fourth-order valence-corrected chi connectivity index (χ4v) is 5.92. The molecule has 3 aromatic carbocycles. The lowest BCUT2D eigenvalue weighted by Crippen LogP contribution is -2.40. The molecule has 0 radical (unpaired) electrons.